The minimum atomic E-state index is -0.977. The standard InChI is InChI=1S/C25H49NO4/c1-3-5-7-9-11-13-14-16-18-20-26-23(25(28)29)22-24(27)30-21-19-17-15-12-10-8-6-4-2/h23,26H,3-22H2,1-2H3,(H,28,29). The summed E-state index contributed by atoms with van der Waals surface area (Å²) in [5.74, 6) is -1.39. The maximum absolute atomic E-state index is 11.9. The number of carbonyl (C=O) groups excluding carboxylic acids is 1. The van der Waals surface area contributed by atoms with Crippen LogP contribution in [0.5, 0.6) is 0 Å². The van der Waals surface area contributed by atoms with E-state index < -0.39 is 18.0 Å². The van der Waals surface area contributed by atoms with Gasteiger partial charge in [-0.2, -0.15) is 0 Å². The Kier molecular flexibility index (Phi) is 21.8. The fourth-order valence-electron chi connectivity index (χ4n) is 3.61. The number of aliphatic carboxylic acids is 1. The van der Waals surface area contributed by atoms with E-state index in [0.717, 1.165) is 25.7 Å². The van der Waals surface area contributed by atoms with Crippen LogP contribution in [0.3, 0.4) is 0 Å². The molecule has 0 saturated heterocycles. The minimum Gasteiger partial charge on any atom is -0.480 e. The van der Waals surface area contributed by atoms with E-state index in [1.54, 1.807) is 0 Å². The van der Waals surface area contributed by atoms with E-state index in [1.807, 2.05) is 0 Å². The van der Waals surface area contributed by atoms with E-state index in [9.17, 15) is 14.7 Å². The molecular weight excluding hydrogens is 378 g/mol. The Morgan fingerprint density at radius 3 is 1.60 bits per heavy atom. The fourth-order valence-corrected chi connectivity index (χ4v) is 3.61. The van der Waals surface area contributed by atoms with Crippen molar-refractivity contribution in [3.8, 4) is 0 Å². The summed E-state index contributed by atoms with van der Waals surface area (Å²) in [6.07, 6.45) is 20.6. The van der Waals surface area contributed by atoms with Gasteiger partial charge in [0.05, 0.1) is 13.0 Å². The third-order valence-electron chi connectivity index (χ3n) is 5.60. The Bertz CT molecular complexity index is 401. The van der Waals surface area contributed by atoms with Crippen LogP contribution >= 0.6 is 0 Å². The largest absolute Gasteiger partial charge is 0.480 e. The summed E-state index contributed by atoms with van der Waals surface area (Å²) < 4.78 is 5.23. The third-order valence-corrected chi connectivity index (χ3v) is 5.60. The zero-order valence-corrected chi connectivity index (χ0v) is 19.9. The highest BCUT2D eigenvalue weighted by atomic mass is 16.5. The van der Waals surface area contributed by atoms with Crippen molar-refractivity contribution in [3.63, 3.8) is 0 Å². The lowest BCUT2D eigenvalue weighted by Gasteiger charge is -2.14. The number of carboxylic acids is 1. The van der Waals surface area contributed by atoms with Crippen molar-refractivity contribution in [2.24, 2.45) is 0 Å². The summed E-state index contributed by atoms with van der Waals surface area (Å²) >= 11 is 0. The lowest BCUT2D eigenvalue weighted by molar-refractivity contribution is -0.149. The second-order valence-electron chi connectivity index (χ2n) is 8.57. The van der Waals surface area contributed by atoms with Gasteiger partial charge < -0.3 is 15.2 Å². The van der Waals surface area contributed by atoms with Gasteiger partial charge in [0, 0.05) is 0 Å². The molecule has 0 aromatic rings. The molecule has 0 aliphatic heterocycles. The molecule has 0 fully saturated rings. The summed E-state index contributed by atoms with van der Waals surface area (Å²) in [5, 5.41) is 12.3. The van der Waals surface area contributed by atoms with Crippen molar-refractivity contribution in [2.75, 3.05) is 13.2 Å². The number of esters is 1. The molecule has 0 aromatic heterocycles. The Morgan fingerprint density at radius 2 is 1.13 bits per heavy atom. The predicted molar refractivity (Wildman–Crippen MR) is 125 cm³/mol. The molecule has 0 heterocycles. The van der Waals surface area contributed by atoms with E-state index in [4.69, 9.17) is 4.74 Å². The zero-order chi connectivity index (χ0) is 22.3. The normalized spacial score (nSPS) is 12.1. The lowest BCUT2D eigenvalue weighted by Crippen LogP contribution is -2.39. The second kappa shape index (κ2) is 22.6. The Morgan fingerprint density at radius 1 is 0.700 bits per heavy atom. The first-order valence-corrected chi connectivity index (χ1v) is 12.7. The van der Waals surface area contributed by atoms with Crippen molar-refractivity contribution in [1.82, 2.24) is 5.32 Å². The highest BCUT2D eigenvalue weighted by Gasteiger charge is 2.21. The summed E-state index contributed by atoms with van der Waals surface area (Å²) in [6.45, 7) is 5.49. The number of rotatable bonds is 23. The molecule has 2 N–H and O–H groups in total. The van der Waals surface area contributed by atoms with Crippen LogP contribution in [0, 0.1) is 0 Å². The van der Waals surface area contributed by atoms with Gasteiger partial charge in [0.1, 0.15) is 6.04 Å². The quantitative estimate of drug-likeness (QED) is 0.141. The molecule has 0 bridgehead atoms. The van der Waals surface area contributed by atoms with Gasteiger partial charge in [-0.3, -0.25) is 9.59 Å². The van der Waals surface area contributed by atoms with Gasteiger partial charge in [0.15, 0.2) is 0 Å². The molecule has 30 heavy (non-hydrogen) atoms. The van der Waals surface area contributed by atoms with Crippen LogP contribution in [0.15, 0.2) is 0 Å². The number of hydrogen-bond acceptors (Lipinski definition) is 4. The lowest BCUT2D eigenvalue weighted by atomic mass is 10.1. The Hall–Kier alpha value is -1.10. The molecule has 5 heteroatoms. The molecule has 0 aliphatic carbocycles. The maximum Gasteiger partial charge on any atom is 0.321 e. The molecule has 0 aliphatic rings. The molecule has 1 unspecified atom stereocenters. The molecular formula is C25H49NO4. The van der Waals surface area contributed by atoms with Crippen LogP contribution in [0.2, 0.25) is 0 Å². The summed E-state index contributed by atoms with van der Waals surface area (Å²) in [5.41, 5.74) is 0. The number of nitrogens with one attached hydrogen (secondary N) is 1. The van der Waals surface area contributed by atoms with E-state index in [2.05, 4.69) is 19.2 Å². The predicted octanol–water partition coefficient (Wildman–Crippen LogP) is 6.63. The SMILES string of the molecule is CCCCCCCCCCCNC(CC(=O)OCCCCCCCCCC)C(=O)O. The van der Waals surface area contributed by atoms with Crippen LogP contribution in [0.4, 0.5) is 0 Å². The van der Waals surface area contributed by atoms with Crippen molar-refractivity contribution in [3.05, 3.63) is 0 Å². The number of carboxylic acid groups (broad SMARTS) is 1. The molecule has 1 atom stereocenters. The molecule has 0 aromatic carbocycles. The Labute approximate surface area is 185 Å². The Balaban J connectivity index is 3.64. The molecule has 5 nitrogen and oxygen atoms in total. The van der Waals surface area contributed by atoms with Crippen LogP contribution in [-0.2, 0) is 14.3 Å². The first-order valence-electron chi connectivity index (χ1n) is 12.7. The average molecular weight is 428 g/mol. The first kappa shape index (κ1) is 28.9. The van der Waals surface area contributed by atoms with Crippen LogP contribution < -0.4 is 5.32 Å². The smallest absolute Gasteiger partial charge is 0.321 e. The van der Waals surface area contributed by atoms with E-state index in [0.29, 0.717) is 13.2 Å². The van der Waals surface area contributed by atoms with Gasteiger partial charge in [0.25, 0.3) is 0 Å². The highest BCUT2D eigenvalue weighted by Crippen LogP contribution is 2.10. The topological polar surface area (TPSA) is 75.6 Å². The van der Waals surface area contributed by atoms with Crippen LogP contribution in [0.1, 0.15) is 129 Å². The van der Waals surface area contributed by atoms with Crippen LogP contribution in [-0.4, -0.2) is 36.2 Å². The van der Waals surface area contributed by atoms with Gasteiger partial charge in [-0.1, -0.05) is 110 Å². The molecule has 0 radical (unpaired) electrons. The van der Waals surface area contributed by atoms with Crippen molar-refractivity contribution >= 4 is 11.9 Å². The molecule has 0 saturated carbocycles. The first-order chi connectivity index (χ1) is 14.6. The van der Waals surface area contributed by atoms with Gasteiger partial charge >= 0.3 is 11.9 Å². The summed E-state index contributed by atoms with van der Waals surface area (Å²) in [4.78, 5) is 23.3. The van der Waals surface area contributed by atoms with E-state index in [-0.39, 0.29) is 6.42 Å². The third kappa shape index (κ3) is 20.2. The van der Waals surface area contributed by atoms with Crippen molar-refractivity contribution < 1.29 is 19.4 Å². The van der Waals surface area contributed by atoms with Crippen LogP contribution in [0.25, 0.3) is 0 Å². The van der Waals surface area contributed by atoms with Crippen molar-refractivity contribution in [2.45, 2.75) is 135 Å². The maximum atomic E-state index is 11.9. The molecule has 0 amide bonds. The van der Waals surface area contributed by atoms with Crippen molar-refractivity contribution in [1.29, 1.82) is 0 Å². The number of carbonyl (C=O) groups is 2. The number of ether oxygens (including phenoxy) is 1. The van der Waals surface area contributed by atoms with Gasteiger partial charge in [0.2, 0.25) is 0 Å². The van der Waals surface area contributed by atoms with Gasteiger partial charge in [-0.15, -0.1) is 0 Å². The summed E-state index contributed by atoms with van der Waals surface area (Å²) in [7, 11) is 0. The molecule has 0 rings (SSSR count). The van der Waals surface area contributed by atoms with Gasteiger partial charge in [-0.25, -0.2) is 0 Å². The van der Waals surface area contributed by atoms with E-state index >= 15 is 0 Å². The molecule has 178 valence electrons. The summed E-state index contributed by atoms with van der Waals surface area (Å²) in [6, 6.07) is -0.842. The van der Waals surface area contributed by atoms with Gasteiger partial charge in [-0.05, 0) is 19.4 Å². The highest BCUT2D eigenvalue weighted by molar-refractivity contribution is 5.81. The average Bonchev–Trinajstić information content (AvgIpc) is 2.72. The molecule has 0 spiro atoms. The fraction of sp³-hybridized carbons (Fsp3) is 0.920. The second-order valence-corrected chi connectivity index (χ2v) is 8.57. The number of hydrogen-bond donors (Lipinski definition) is 2. The monoisotopic (exact) mass is 427 g/mol. The van der Waals surface area contributed by atoms with E-state index in [1.165, 1.54) is 83.5 Å². The zero-order valence-electron chi connectivity index (χ0n) is 19.9. The minimum absolute atomic E-state index is 0.0935. The number of unbranched alkanes of at least 4 members (excludes halogenated alkanes) is 15.